The second-order valence-electron chi connectivity index (χ2n) is 8.31. The number of anilines is 1. The third-order valence-electron chi connectivity index (χ3n) is 6.19. The van der Waals surface area contributed by atoms with E-state index >= 15 is 0 Å². The fourth-order valence-electron chi connectivity index (χ4n) is 4.19. The van der Waals surface area contributed by atoms with Crippen molar-refractivity contribution in [2.45, 2.75) is 12.8 Å². The van der Waals surface area contributed by atoms with Gasteiger partial charge in [-0.15, -0.1) is 0 Å². The average Bonchev–Trinajstić information content (AvgIpc) is 3.43. The second kappa shape index (κ2) is 10.4. The summed E-state index contributed by atoms with van der Waals surface area (Å²) in [6.45, 7) is 2.48. The van der Waals surface area contributed by atoms with Crippen molar-refractivity contribution >= 4 is 29.3 Å². The van der Waals surface area contributed by atoms with Crippen LogP contribution < -0.4 is 10.1 Å². The molecule has 0 aromatic heterocycles. The van der Waals surface area contributed by atoms with Crippen molar-refractivity contribution < 1.29 is 23.9 Å². The number of nitrogens with one attached hydrogen (secondary N) is 1. The van der Waals surface area contributed by atoms with Crippen LogP contribution in [0.4, 0.5) is 5.69 Å². The zero-order valence-corrected chi connectivity index (χ0v) is 19.2. The third-order valence-corrected chi connectivity index (χ3v) is 6.19. The molecule has 2 heterocycles. The highest BCUT2D eigenvalue weighted by Crippen LogP contribution is 2.20. The fourth-order valence-corrected chi connectivity index (χ4v) is 4.19. The highest BCUT2D eigenvalue weighted by Gasteiger charge is 2.32. The van der Waals surface area contributed by atoms with E-state index in [1.165, 1.54) is 4.90 Å². The van der Waals surface area contributed by atoms with Crippen LogP contribution in [0.15, 0.2) is 48.5 Å². The fraction of sp³-hybridized carbons (Fsp3) is 0.360. The molecule has 1 N–H and O–H groups in total. The van der Waals surface area contributed by atoms with Crippen LogP contribution in [-0.2, 0) is 9.59 Å². The minimum absolute atomic E-state index is 0.233. The number of rotatable bonds is 4. The smallest absolute Gasteiger partial charge is 0.312 e. The highest BCUT2D eigenvalue weighted by molar-refractivity contribution is 6.35. The monoisotopic (exact) mass is 464 g/mol. The molecule has 9 nitrogen and oxygen atoms in total. The summed E-state index contributed by atoms with van der Waals surface area (Å²) in [6, 6.07) is 13.5. The van der Waals surface area contributed by atoms with Gasteiger partial charge in [-0.2, -0.15) is 0 Å². The Labute approximate surface area is 198 Å². The molecule has 2 aromatic rings. The Kier molecular flexibility index (Phi) is 7.10. The average molecular weight is 465 g/mol. The SMILES string of the molecule is COc1ccc(C(=O)Nc2ccccc2C(=O)N2CCN(C(=O)C(=O)N3CCCC3)CC2)cc1. The van der Waals surface area contributed by atoms with Crippen LogP contribution in [0.25, 0.3) is 0 Å². The van der Waals surface area contributed by atoms with E-state index in [2.05, 4.69) is 5.32 Å². The van der Waals surface area contributed by atoms with E-state index < -0.39 is 11.8 Å². The van der Waals surface area contributed by atoms with Gasteiger partial charge in [-0.3, -0.25) is 19.2 Å². The first kappa shape index (κ1) is 23.3. The lowest BCUT2D eigenvalue weighted by Gasteiger charge is -2.35. The molecule has 4 rings (SSSR count). The molecule has 34 heavy (non-hydrogen) atoms. The number of amides is 4. The minimum atomic E-state index is -0.499. The van der Waals surface area contributed by atoms with Gasteiger partial charge in [0.25, 0.3) is 11.8 Å². The second-order valence-corrected chi connectivity index (χ2v) is 8.31. The summed E-state index contributed by atoms with van der Waals surface area (Å²) in [6.07, 6.45) is 1.85. The zero-order chi connectivity index (χ0) is 24.1. The Hall–Kier alpha value is -3.88. The molecule has 9 heteroatoms. The summed E-state index contributed by atoms with van der Waals surface area (Å²) in [4.78, 5) is 55.6. The number of likely N-dealkylation sites (tertiary alicyclic amines) is 1. The Morgan fingerprint density at radius 2 is 1.29 bits per heavy atom. The van der Waals surface area contributed by atoms with Gasteiger partial charge in [0, 0.05) is 44.8 Å². The number of hydrogen-bond donors (Lipinski definition) is 1. The number of carbonyl (C=O) groups excluding carboxylic acids is 4. The van der Waals surface area contributed by atoms with E-state index in [-0.39, 0.29) is 11.8 Å². The van der Waals surface area contributed by atoms with E-state index in [9.17, 15) is 19.2 Å². The maximum Gasteiger partial charge on any atom is 0.312 e. The van der Waals surface area contributed by atoms with Crippen LogP contribution >= 0.6 is 0 Å². The first-order valence-corrected chi connectivity index (χ1v) is 11.4. The van der Waals surface area contributed by atoms with Crippen LogP contribution in [0.3, 0.4) is 0 Å². The Balaban J connectivity index is 1.38. The molecule has 2 aromatic carbocycles. The topological polar surface area (TPSA) is 99.3 Å². The molecule has 2 fully saturated rings. The lowest BCUT2D eigenvalue weighted by molar-refractivity contribution is -0.152. The largest absolute Gasteiger partial charge is 0.497 e. The maximum absolute atomic E-state index is 13.2. The van der Waals surface area contributed by atoms with Crippen molar-refractivity contribution in [2.75, 3.05) is 51.7 Å². The summed E-state index contributed by atoms with van der Waals surface area (Å²) < 4.78 is 5.12. The molecule has 2 aliphatic heterocycles. The van der Waals surface area contributed by atoms with Crippen molar-refractivity contribution in [1.82, 2.24) is 14.7 Å². The standard InChI is InChI=1S/C25H28N4O5/c1-34-19-10-8-18(9-11-19)22(30)26-21-7-3-2-6-20(21)23(31)28-14-16-29(17-15-28)25(33)24(32)27-12-4-5-13-27/h2-3,6-11H,4-5,12-17H2,1H3,(H,26,30). The summed E-state index contributed by atoms with van der Waals surface area (Å²) in [5, 5.41) is 2.82. The van der Waals surface area contributed by atoms with E-state index in [0.29, 0.717) is 61.8 Å². The molecule has 2 aliphatic rings. The van der Waals surface area contributed by atoms with E-state index in [1.54, 1.807) is 65.4 Å². The van der Waals surface area contributed by atoms with Gasteiger partial charge in [0.2, 0.25) is 0 Å². The molecule has 0 saturated carbocycles. The number of ether oxygens (including phenoxy) is 1. The van der Waals surface area contributed by atoms with Gasteiger partial charge in [0.1, 0.15) is 5.75 Å². The quantitative estimate of drug-likeness (QED) is 0.697. The van der Waals surface area contributed by atoms with Crippen molar-refractivity contribution in [3.63, 3.8) is 0 Å². The first-order valence-electron chi connectivity index (χ1n) is 11.4. The highest BCUT2D eigenvalue weighted by atomic mass is 16.5. The van der Waals surface area contributed by atoms with Crippen molar-refractivity contribution in [3.05, 3.63) is 59.7 Å². The number of benzene rings is 2. The van der Waals surface area contributed by atoms with Crippen LogP contribution in [0, 0.1) is 0 Å². The van der Waals surface area contributed by atoms with Gasteiger partial charge < -0.3 is 24.8 Å². The Morgan fingerprint density at radius 1 is 0.735 bits per heavy atom. The van der Waals surface area contributed by atoms with Gasteiger partial charge >= 0.3 is 11.8 Å². The third kappa shape index (κ3) is 5.03. The number of nitrogens with zero attached hydrogens (tertiary/aromatic N) is 3. The summed E-state index contributed by atoms with van der Waals surface area (Å²) >= 11 is 0. The van der Waals surface area contributed by atoms with Gasteiger partial charge in [-0.25, -0.2) is 0 Å². The molecule has 0 radical (unpaired) electrons. The zero-order valence-electron chi connectivity index (χ0n) is 19.2. The molecule has 178 valence electrons. The Morgan fingerprint density at radius 3 is 1.91 bits per heavy atom. The number of methoxy groups -OCH3 is 1. The summed E-state index contributed by atoms with van der Waals surface area (Å²) in [5.74, 6) is -0.876. The lowest BCUT2D eigenvalue weighted by atomic mass is 10.1. The van der Waals surface area contributed by atoms with Crippen molar-refractivity contribution in [3.8, 4) is 5.75 Å². The maximum atomic E-state index is 13.2. The molecule has 4 amide bonds. The normalized spacial score (nSPS) is 15.7. The predicted molar refractivity (Wildman–Crippen MR) is 126 cm³/mol. The molecule has 0 spiro atoms. The van der Waals surface area contributed by atoms with Crippen LogP contribution in [0.2, 0.25) is 0 Å². The van der Waals surface area contributed by atoms with Crippen molar-refractivity contribution in [2.24, 2.45) is 0 Å². The van der Waals surface area contributed by atoms with Crippen LogP contribution in [0.1, 0.15) is 33.6 Å². The summed E-state index contributed by atoms with van der Waals surface area (Å²) in [5.41, 5.74) is 1.23. The van der Waals surface area contributed by atoms with Crippen molar-refractivity contribution in [1.29, 1.82) is 0 Å². The van der Waals surface area contributed by atoms with Gasteiger partial charge in [-0.1, -0.05) is 12.1 Å². The van der Waals surface area contributed by atoms with Crippen LogP contribution in [-0.4, -0.2) is 84.7 Å². The predicted octanol–water partition coefficient (Wildman–Crippen LogP) is 1.85. The molecule has 0 bridgehead atoms. The lowest BCUT2D eigenvalue weighted by Crippen LogP contribution is -2.54. The molecule has 2 saturated heterocycles. The van der Waals surface area contributed by atoms with E-state index in [4.69, 9.17) is 4.74 Å². The van der Waals surface area contributed by atoms with Gasteiger partial charge in [0.05, 0.1) is 18.4 Å². The Bertz CT molecular complexity index is 1070. The minimum Gasteiger partial charge on any atom is -0.497 e. The van der Waals surface area contributed by atoms with Gasteiger partial charge in [-0.05, 0) is 49.2 Å². The number of hydrogen-bond acceptors (Lipinski definition) is 5. The van der Waals surface area contributed by atoms with Crippen LogP contribution in [0.5, 0.6) is 5.75 Å². The molecule has 0 atom stereocenters. The molecular formula is C25H28N4O5. The number of para-hydroxylation sites is 1. The number of carbonyl (C=O) groups is 4. The molecule has 0 aliphatic carbocycles. The van der Waals surface area contributed by atoms with Gasteiger partial charge in [0.15, 0.2) is 0 Å². The summed E-state index contributed by atoms with van der Waals surface area (Å²) in [7, 11) is 1.55. The van der Waals surface area contributed by atoms with E-state index in [0.717, 1.165) is 12.8 Å². The number of piperazine rings is 1. The van der Waals surface area contributed by atoms with E-state index in [1.807, 2.05) is 0 Å². The first-order chi connectivity index (χ1) is 16.5. The molecule has 0 unspecified atom stereocenters. The molecular weight excluding hydrogens is 436 g/mol.